The molecule has 5 heteroatoms. The number of nitrogen functional groups attached to an aromatic ring is 1. The maximum atomic E-state index is 5.90. The molecule has 2 aromatic rings. The van der Waals surface area contributed by atoms with Crippen LogP contribution in [0.4, 0.5) is 5.69 Å². The standard InChI is InChI=1S/C11H17N5/c1-5-9-7(2)13-16(8(9)3)11-10(12)6-15(4)14-11/h6H,5,12H2,1-4H3. The Kier molecular flexibility index (Phi) is 2.46. The molecule has 0 saturated heterocycles. The van der Waals surface area contributed by atoms with E-state index in [9.17, 15) is 0 Å². The highest BCUT2D eigenvalue weighted by atomic mass is 15.4. The first-order valence-electron chi connectivity index (χ1n) is 5.39. The Morgan fingerprint density at radius 3 is 2.44 bits per heavy atom. The van der Waals surface area contributed by atoms with Crippen molar-refractivity contribution in [2.75, 3.05) is 5.73 Å². The molecule has 0 aliphatic rings. The summed E-state index contributed by atoms with van der Waals surface area (Å²) in [7, 11) is 1.85. The van der Waals surface area contributed by atoms with E-state index in [0.29, 0.717) is 11.5 Å². The van der Waals surface area contributed by atoms with Crippen LogP contribution in [0.15, 0.2) is 6.20 Å². The second-order valence-corrected chi connectivity index (χ2v) is 4.00. The van der Waals surface area contributed by atoms with Crippen molar-refractivity contribution < 1.29 is 0 Å². The highest BCUT2D eigenvalue weighted by Gasteiger charge is 2.15. The molecule has 16 heavy (non-hydrogen) atoms. The fourth-order valence-electron chi connectivity index (χ4n) is 2.05. The largest absolute Gasteiger partial charge is 0.394 e. The van der Waals surface area contributed by atoms with Crippen molar-refractivity contribution in [3.05, 3.63) is 23.1 Å². The van der Waals surface area contributed by atoms with Crippen molar-refractivity contribution in [3.8, 4) is 5.82 Å². The van der Waals surface area contributed by atoms with E-state index in [1.54, 1.807) is 10.9 Å². The van der Waals surface area contributed by atoms with Gasteiger partial charge in [0.05, 0.1) is 11.4 Å². The number of nitrogens with zero attached hydrogens (tertiary/aromatic N) is 4. The van der Waals surface area contributed by atoms with Gasteiger partial charge < -0.3 is 5.73 Å². The van der Waals surface area contributed by atoms with Gasteiger partial charge in [-0.1, -0.05) is 6.92 Å². The van der Waals surface area contributed by atoms with Gasteiger partial charge in [0.15, 0.2) is 5.82 Å². The van der Waals surface area contributed by atoms with Crippen molar-refractivity contribution >= 4 is 5.69 Å². The van der Waals surface area contributed by atoms with Gasteiger partial charge in [-0.25, -0.2) is 4.68 Å². The van der Waals surface area contributed by atoms with Crippen LogP contribution in [0.2, 0.25) is 0 Å². The van der Waals surface area contributed by atoms with Gasteiger partial charge in [0.25, 0.3) is 0 Å². The van der Waals surface area contributed by atoms with Crippen molar-refractivity contribution in [2.24, 2.45) is 7.05 Å². The van der Waals surface area contributed by atoms with Gasteiger partial charge in [-0.15, -0.1) is 0 Å². The van der Waals surface area contributed by atoms with Gasteiger partial charge in [0, 0.05) is 18.9 Å². The van der Waals surface area contributed by atoms with Crippen molar-refractivity contribution in [1.82, 2.24) is 19.6 Å². The number of hydrogen-bond acceptors (Lipinski definition) is 3. The van der Waals surface area contributed by atoms with Crippen molar-refractivity contribution in [3.63, 3.8) is 0 Å². The molecular weight excluding hydrogens is 202 g/mol. The van der Waals surface area contributed by atoms with E-state index in [0.717, 1.165) is 17.8 Å². The predicted molar refractivity (Wildman–Crippen MR) is 63.6 cm³/mol. The molecule has 0 amide bonds. The van der Waals surface area contributed by atoms with E-state index >= 15 is 0 Å². The quantitative estimate of drug-likeness (QED) is 0.829. The lowest BCUT2D eigenvalue weighted by molar-refractivity contribution is 0.721. The van der Waals surface area contributed by atoms with Crippen LogP contribution in [-0.2, 0) is 13.5 Å². The smallest absolute Gasteiger partial charge is 0.198 e. The minimum Gasteiger partial charge on any atom is -0.394 e. The van der Waals surface area contributed by atoms with E-state index < -0.39 is 0 Å². The normalized spacial score (nSPS) is 11.0. The zero-order valence-corrected chi connectivity index (χ0v) is 10.2. The lowest BCUT2D eigenvalue weighted by Gasteiger charge is -2.01. The number of hydrogen-bond donors (Lipinski definition) is 1. The Hall–Kier alpha value is -1.78. The average molecular weight is 219 g/mol. The van der Waals surface area contributed by atoms with Gasteiger partial charge in [0.1, 0.15) is 0 Å². The van der Waals surface area contributed by atoms with Crippen LogP contribution >= 0.6 is 0 Å². The SMILES string of the molecule is CCc1c(C)nn(-c2nn(C)cc2N)c1C. The Morgan fingerprint density at radius 1 is 1.31 bits per heavy atom. The molecule has 5 nitrogen and oxygen atoms in total. The Bertz CT molecular complexity index is 521. The maximum absolute atomic E-state index is 5.90. The third-order valence-corrected chi connectivity index (χ3v) is 2.83. The third-order valence-electron chi connectivity index (χ3n) is 2.83. The molecule has 0 aliphatic carbocycles. The zero-order valence-electron chi connectivity index (χ0n) is 10.2. The molecule has 0 unspecified atom stereocenters. The minimum atomic E-state index is 0.649. The molecule has 0 fully saturated rings. The van der Waals surface area contributed by atoms with E-state index in [2.05, 4.69) is 17.1 Å². The van der Waals surface area contributed by atoms with E-state index in [1.165, 1.54) is 5.56 Å². The second kappa shape index (κ2) is 3.66. The highest BCUT2D eigenvalue weighted by molar-refractivity contribution is 5.52. The number of anilines is 1. The zero-order chi connectivity index (χ0) is 11.9. The lowest BCUT2D eigenvalue weighted by atomic mass is 10.1. The summed E-state index contributed by atoms with van der Waals surface area (Å²) in [5, 5.41) is 8.81. The summed E-state index contributed by atoms with van der Waals surface area (Å²) in [6, 6.07) is 0. The Balaban J connectivity index is 2.61. The minimum absolute atomic E-state index is 0.649. The summed E-state index contributed by atoms with van der Waals surface area (Å²) in [4.78, 5) is 0. The van der Waals surface area contributed by atoms with Gasteiger partial charge in [0.2, 0.25) is 0 Å². The molecule has 86 valence electrons. The average Bonchev–Trinajstić information content (AvgIpc) is 2.67. The lowest BCUT2D eigenvalue weighted by Crippen LogP contribution is -2.04. The molecule has 0 atom stereocenters. The van der Waals surface area contributed by atoms with Crippen LogP contribution in [0.25, 0.3) is 5.82 Å². The first-order chi connectivity index (χ1) is 7.54. The predicted octanol–water partition coefficient (Wildman–Crippen LogP) is 1.37. The molecule has 2 N–H and O–H groups in total. The number of rotatable bonds is 2. The van der Waals surface area contributed by atoms with Crippen LogP contribution < -0.4 is 5.73 Å². The molecule has 0 radical (unpaired) electrons. The van der Waals surface area contributed by atoms with Crippen LogP contribution in [0.1, 0.15) is 23.9 Å². The van der Waals surface area contributed by atoms with Crippen LogP contribution in [-0.4, -0.2) is 19.6 Å². The third kappa shape index (κ3) is 1.48. The highest BCUT2D eigenvalue weighted by Crippen LogP contribution is 2.20. The summed E-state index contributed by atoms with van der Waals surface area (Å²) >= 11 is 0. The van der Waals surface area contributed by atoms with Crippen LogP contribution in [0.3, 0.4) is 0 Å². The van der Waals surface area contributed by atoms with Crippen molar-refractivity contribution in [2.45, 2.75) is 27.2 Å². The molecule has 0 spiro atoms. The second-order valence-electron chi connectivity index (χ2n) is 4.00. The number of aryl methyl sites for hydroxylation is 2. The summed E-state index contributed by atoms with van der Waals surface area (Å²) in [5.74, 6) is 0.711. The van der Waals surface area contributed by atoms with Gasteiger partial charge in [-0.3, -0.25) is 4.68 Å². The van der Waals surface area contributed by atoms with Crippen molar-refractivity contribution in [1.29, 1.82) is 0 Å². The summed E-state index contributed by atoms with van der Waals surface area (Å²) in [5.41, 5.74) is 9.98. The number of aromatic nitrogens is 4. The Morgan fingerprint density at radius 2 is 2.00 bits per heavy atom. The molecule has 0 saturated carbocycles. The van der Waals surface area contributed by atoms with Gasteiger partial charge in [-0.05, 0) is 25.8 Å². The fraction of sp³-hybridized carbons (Fsp3) is 0.455. The summed E-state index contributed by atoms with van der Waals surface area (Å²) < 4.78 is 3.52. The van der Waals surface area contributed by atoms with Gasteiger partial charge in [-0.2, -0.15) is 10.2 Å². The fourth-order valence-corrected chi connectivity index (χ4v) is 2.05. The topological polar surface area (TPSA) is 61.7 Å². The molecular formula is C11H17N5. The van der Waals surface area contributed by atoms with Crippen LogP contribution in [0, 0.1) is 13.8 Å². The van der Waals surface area contributed by atoms with E-state index in [4.69, 9.17) is 5.73 Å². The first-order valence-corrected chi connectivity index (χ1v) is 5.39. The van der Waals surface area contributed by atoms with Crippen LogP contribution in [0.5, 0.6) is 0 Å². The number of nitrogens with two attached hydrogens (primary N) is 1. The monoisotopic (exact) mass is 219 g/mol. The summed E-state index contributed by atoms with van der Waals surface area (Å²) in [6.07, 6.45) is 2.77. The Labute approximate surface area is 94.9 Å². The molecule has 2 rings (SSSR count). The molecule has 0 bridgehead atoms. The maximum Gasteiger partial charge on any atom is 0.198 e. The molecule has 2 aromatic heterocycles. The molecule has 0 aliphatic heterocycles. The summed E-state index contributed by atoms with van der Waals surface area (Å²) in [6.45, 7) is 6.19. The molecule has 2 heterocycles. The van der Waals surface area contributed by atoms with E-state index in [-0.39, 0.29) is 0 Å². The van der Waals surface area contributed by atoms with Gasteiger partial charge >= 0.3 is 0 Å². The first kappa shape index (κ1) is 10.7. The molecule has 0 aromatic carbocycles. The van der Waals surface area contributed by atoms with E-state index in [1.807, 2.05) is 25.6 Å².